The second kappa shape index (κ2) is 4.29. The van der Waals surface area contributed by atoms with Crippen LogP contribution < -0.4 is 10.9 Å². The molecule has 5 nitrogen and oxygen atoms in total. The zero-order valence-electron chi connectivity index (χ0n) is 9.90. The molecule has 1 amide bonds. The molecule has 2 aromatic heterocycles. The zero-order chi connectivity index (χ0) is 12.6. The normalized spacial score (nSPS) is 10.8. The van der Waals surface area contributed by atoms with E-state index in [0.717, 1.165) is 10.6 Å². The van der Waals surface area contributed by atoms with Gasteiger partial charge in [-0.15, -0.1) is 11.3 Å². The van der Waals surface area contributed by atoms with Crippen molar-refractivity contribution in [2.75, 3.05) is 6.54 Å². The maximum atomic E-state index is 12.1. The van der Waals surface area contributed by atoms with Gasteiger partial charge in [0.2, 0.25) is 0 Å². The molecule has 0 aliphatic carbocycles. The molecule has 2 aromatic rings. The summed E-state index contributed by atoms with van der Waals surface area (Å²) in [5.74, 6) is -0.373. The Hall–Kier alpha value is -1.69. The molecule has 0 saturated heterocycles. The number of aromatic nitrogens is 2. The summed E-state index contributed by atoms with van der Waals surface area (Å²) in [7, 11) is 0. The number of nitrogens with one attached hydrogen (secondary N) is 1. The van der Waals surface area contributed by atoms with Gasteiger partial charge in [-0.05, 0) is 20.8 Å². The first-order valence-electron chi connectivity index (χ1n) is 5.32. The van der Waals surface area contributed by atoms with Crippen molar-refractivity contribution in [3.63, 3.8) is 0 Å². The Morgan fingerprint density at radius 3 is 2.88 bits per heavy atom. The summed E-state index contributed by atoms with van der Waals surface area (Å²) in [6.07, 6.45) is 1.35. The fraction of sp³-hybridized carbons (Fsp3) is 0.364. The molecule has 0 unspecified atom stereocenters. The molecular formula is C11H13N3O2S. The van der Waals surface area contributed by atoms with Gasteiger partial charge in [0.1, 0.15) is 5.56 Å². The average Bonchev–Trinajstić information content (AvgIpc) is 2.56. The van der Waals surface area contributed by atoms with Gasteiger partial charge >= 0.3 is 0 Å². The van der Waals surface area contributed by atoms with Crippen LogP contribution in [0.1, 0.15) is 27.9 Å². The number of carbonyl (C=O) groups is 1. The molecule has 0 saturated carbocycles. The minimum Gasteiger partial charge on any atom is -0.352 e. The summed E-state index contributed by atoms with van der Waals surface area (Å²) in [6, 6.07) is 0. The first-order valence-corrected chi connectivity index (χ1v) is 6.13. The maximum absolute atomic E-state index is 12.1. The van der Waals surface area contributed by atoms with E-state index in [1.165, 1.54) is 21.9 Å². The van der Waals surface area contributed by atoms with Crippen molar-refractivity contribution in [3.8, 4) is 0 Å². The molecule has 2 rings (SSSR count). The highest BCUT2D eigenvalue weighted by molar-refractivity contribution is 7.17. The van der Waals surface area contributed by atoms with E-state index in [2.05, 4.69) is 10.3 Å². The van der Waals surface area contributed by atoms with Gasteiger partial charge in [0.15, 0.2) is 4.96 Å². The Bertz CT molecular complexity index is 642. The number of carbonyl (C=O) groups excluding carboxylic acids is 1. The van der Waals surface area contributed by atoms with Gasteiger partial charge in [-0.1, -0.05) is 0 Å². The second-order valence-electron chi connectivity index (χ2n) is 3.70. The van der Waals surface area contributed by atoms with Crippen LogP contribution >= 0.6 is 11.3 Å². The van der Waals surface area contributed by atoms with E-state index in [-0.39, 0.29) is 17.0 Å². The number of hydrogen-bond donors (Lipinski definition) is 1. The zero-order valence-corrected chi connectivity index (χ0v) is 10.7. The first-order chi connectivity index (χ1) is 8.06. The third-order valence-corrected chi connectivity index (χ3v) is 3.67. The highest BCUT2D eigenvalue weighted by atomic mass is 32.1. The molecule has 2 heterocycles. The SMILES string of the molecule is CCNC(=O)c1cnc2sc(C)c(C)n2c1=O. The van der Waals surface area contributed by atoms with Crippen LogP contribution in [0.25, 0.3) is 4.96 Å². The van der Waals surface area contributed by atoms with E-state index in [9.17, 15) is 9.59 Å². The minimum absolute atomic E-state index is 0.0882. The molecule has 0 radical (unpaired) electrons. The van der Waals surface area contributed by atoms with Crippen molar-refractivity contribution < 1.29 is 4.79 Å². The third-order valence-electron chi connectivity index (χ3n) is 2.60. The lowest BCUT2D eigenvalue weighted by Gasteiger charge is -2.02. The first kappa shape index (κ1) is 11.8. The van der Waals surface area contributed by atoms with Crippen LogP contribution in [0.3, 0.4) is 0 Å². The van der Waals surface area contributed by atoms with Gasteiger partial charge in [0.05, 0.1) is 0 Å². The second-order valence-corrected chi connectivity index (χ2v) is 4.88. The molecule has 90 valence electrons. The monoisotopic (exact) mass is 251 g/mol. The van der Waals surface area contributed by atoms with Gasteiger partial charge in [0, 0.05) is 23.3 Å². The largest absolute Gasteiger partial charge is 0.352 e. The standard InChI is InChI=1S/C11H13N3O2S/c1-4-12-9(15)8-5-13-11-14(10(8)16)6(2)7(3)17-11/h5H,4H2,1-3H3,(H,12,15). The van der Waals surface area contributed by atoms with Crippen molar-refractivity contribution >= 4 is 22.2 Å². The number of nitrogens with zero attached hydrogens (tertiary/aromatic N) is 2. The summed E-state index contributed by atoms with van der Waals surface area (Å²) >= 11 is 1.45. The quantitative estimate of drug-likeness (QED) is 0.870. The Kier molecular flexibility index (Phi) is 2.97. The van der Waals surface area contributed by atoms with Crippen LogP contribution in [0, 0.1) is 13.8 Å². The van der Waals surface area contributed by atoms with Gasteiger partial charge < -0.3 is 5.32 Å². The molecule has 0 aromatic carbocycles. The third kappa shape index (κ3) is 1.84. The van der Waals surface area contributed by atoms with Crippen molar-refractivity contribution in [2.45, 2.75) is 20.8 Å². The van der Waals surface area contributed by atoms with Crippen LogP contribution in [0.2, 0.25) is 0 Å². The number of amides is 1. The molecular weight excluding hydrogens is 238 g/mol. The average molecular weight is 251 g/mol. The van der Waals surface area contributed by atoms with E-state index in [1.54, 1.807) is 0 Å². The predicted molar refractivity (Wildman–Crippen MR) is 66.8 cm³/mol. The van der Waals surface area contributed by atoms with E-state index in [0.29, 0.717) is 11.5 Å². The van der Waals surface area contributed by atoms with E-state index in [1.807, 2.05) is 20.8 Å². The van der Waals surface area contributed by atoms with Crippen LogP contribution in [-0.2, 0) is 0 Å². The van der Waals surface area contributed by atoms with Crippen molar-refractivity contribution in [2.24, 2.45) is 0 Å². The molecule has 0 aliphatic rings. The highest BCUT2D eigenvalue weighted by Crippen LogP contribution is 2.18. The molecule has 0 spiro atoms. The Balaban J connectivity index is 2.69. The summed E-state index contributed by atoms with van der Waals surface area (Å²) in [5, 5.41) is 2.60. The van der Waals surface area contributed by atoms with Crippen LogP contribution in [0.5, 0.6) is 0 Å². The lowest BCUT2D eigenvalue weighted by Crippen LogP contribution is -2.31. The topological polar surface area (TPSA) is 63.5 Å². The highest BCUT2D eigenvalue weighted by Gasteiger charge is 2.15. The lowest BCUT2D eigenvalue weighted by atomic mass is 10.3. The fourth-order valence-electron chi connectivity index (χ4n) is 1.59. The summed E-state index contributed by atoms with van der Waals surface area (Å²) in [4.78, 5) is 29.6. The van der Waals surface area contributed by atoms with Crippen molar-refractivity contribution in [3.05, 3.63) is 32.7 Å². The van der Waals surface area contributed by atoms with E-state index < -0.39 is 0 Å². The Morgan fingerprint density at radius 2 is 2.24 bits per heavy atom. The van der Waals surface area contributed by atoms with Crippen LogP contribution in [0.4, 0.5) is 0 Å². The molecule has 0 atom stereocenters. The fourth-order valence-corrected chi connectivity index (χ4v) is 2.52. The number of aryl methyl sites for hydroxylation is 2. The van der Waals surface area contributed by atoms with Crippen molar-refractivity contribution in [1.82, 2.24) is 14.7 Å². The van der Waals surface area contributed by atoms with Crippen molar-refractivity contribution in [1.29, 1.82) is 0 Å². The number of rotatable bonds is 2. The van der Waals surface area contributed by atoms with Gasteiger partial charge in [0.25, 0.3) is 11.5 Å². The summed E-state index contributed by atoms with van der Waals surface area (Å²) in [6.45, 7) is 6.08. The van der Waals surface area contributed by atoms with Crippen LogP contribution in [-0.4, -0.2) is 21.8 Å². The van der Waals surface area contributed by atoms with E-state index in [4.69, 9.17) is 0 Å². The van der Waals surface area contributed by atoms with Gasteiger partial charge in [-0.25, -0.2) is 4.98 Å². The molecule has 0 fully saturated rings. The van der Waals surface area contributed by atoms with Gasteiger partial charge in [-0.2, -0.15) is 0 Å². The number of thiazole rings is 1. The molecule has 6 heteroatoms. The van der Waals surface area contributed by atoms with E-state index >= 15 is 0 Å². The predicted octanol–water partition coefficient (Wildman–Crippen LogP) is 1.12. The summed E-state index contributed by atoms with van der Waals surface area (Å²) < 4.78 is 1.49. The maximum Gasteiger partial charge on any atom is 0.271 e. The molecule has 0 bridgehead atoms. The molecule has 17 heavy (non-hydrogen) atoms. The lowest BCUT2D eigenvalue weighted by molar-refractivity contribution is 0.0954. The smallest absolute Gasteiger partial charge is 0.271 e. The Morgan fingerprint density at radius 1 is 1.53 bits per heavy atom. The summed E-state index contributed by atoms with van der Waals surface area (Å²) in [5.41, 5.74) is 0.627. The minimum atomic E-state index is -0.373. The molecule has 0 aliphatic heterocycles. The number of fused-ring (bicyclic) bond motifs is 1. The van der Waals surface area contributed by atoms with Gasteiger partial charge in [-0.3, -0.25) is 14.0 Å². The molecule has 1 N–H and O–H groups in total. The van der Waals surface area contributed by atoms with Crippen LogP contribution in [0.15, 0.2) is 11.0 Å². The Labute approximate surface area is 102 Å². The number of hydrogen-bond acceptors (Lipinski definition) is 4.